The van der Waals surface area contributed by atoms with Crippen molar-refractivity contribution in [1.29, 1.82) is 0 Å². The van der Waals surface area contributed by atoms with Crippen molar-refractivity contribution in [1.82, 2.24) is 10.2 Å². The van der Waals surface area contributed by atoms with Crippen molar-refractivity contribution in [3.8, 4) is 0 Å². The monoisotopic (exact) mass is 372 g/mol. The lowest BCUT2D eigenvalue weighted by atomic mass is 9.93. The van der Waals surface area contributed by atoms with Crippen LogP contribution in [-0.2, 0) is 16.0 Å². The number of morpholine rings is 1. The fourth-order valence-electron chi connectivity index (χ4n) is 3.13. The summed E-state index contributed by atoms with van der Waals surface area (Å²) < 4.78 is 6.50. The molecule has 2 heterocycles. The third-order valence-electron chi connectivity index (χ3n) is 4.23. The highest BCUT2D eigenvalue weighted by Crippen LogP contribution is 2.38. The summed E-state index contributed by atoms with van der Waals surface area (Å²) in [4.78, 5) is 15.9. The predicted molar refractivity (Wildman–Crippen MR) is 87.7 cm³/mol. The van der Waals surface area contributed by atoms with E-state index in [9.17, 15) is 4.79 Å². The Bertz CT molecular complexity index is 514. The molecule has 2 atom stereocenters. The van der Waals surface area contributed by atoms with Gasteiger partial charge >= 0.3 is 0 Å². The molecule has 2 aliphatic rings. The van der Waals surface area contributed by atoms with Crippen LogP contribution in [0.3, 0.4) is 0 Å². The van der Waals surface area contributed by atoms with Crippen LogP contribution in [0.25, 0.3) is 0 Å². The van der Waals surface area contributed by atoms with Gasteiger partial charge in [-0.25, -0.2) is 0 Å². The topological polar surface area (TPSA) is 41.6 Å². The smallest absolute Gasteiger partial charge is 0.239 e. The molecular weight excluding hydrogens is 352 g/mol. The number of nitrogens with zero attached hydrogens (tertiary/aromatic N) is 1. The largest absolute Gasteiger partial charge is 0.378 e. The zero-order chi connectivity index (χ0) is 14.8. The molecule has 0 spiro atoms. The molecule has 1 saturated heterocycles. The maximum atomic E-state index is 12.5. The molecule has 1 aliphatic heterocycles. The average Bonchev–Trinajstić information content (AvgIpc) is 2.88. The zero-order valence-electron chi connectivity index (χ0n) is 12.2. The quantitative estimate of drug-likeness (QED) is 0.886. The number of carbonyl (C=O) groups is 1. The minimum Gasteiger partial charge on any atom is -0.378 e. The first-order valence-electron chi connectivity index (χ1n) is 7.56. The summed E-state index contributed by atoms with van der Waals surface area (Å²) in [5.74, 6) is 0.194. The Morgan fingerprint density at radius 2 is 2.29 bits per heavy atom. The van der Waals surface area contributed by atoms with Gasteiger partial charge in [0.15, 0.2) is 0 Å². The lowest BCUT2D eigenvalue weighted by Gasteiger charge is -2.32. The van der Waals surface area contributed by atoms with Crippen molar-refractivity contribution < 1.29 is 9.53 Å². The molecule has 6 heteroatoms. The van der Waals surface area contributed by atoms with E-state index in [1.165, 1.54) is 20.6 Å². The van der Waals surface area contributed by atoms with Gasteiger partial charge in [-0.2, -0.15) is 0 Å². The molecule has 1 aromatic heterocycles. The number of halogens is 1. The third kappa shape index (κ3) is 3.50. The number of hydrogen-bond donors (Lipinski definition) is 1. The molecule has 3 rings (SSSR count). The maximum absolute atomic E-state index is 12.5. The van der Waals surface area contributed by atoms with Gasteiger partial charge in [0.1, 0.15) is 0 Å². The van der Waals surface area contributed by atoms with Crippen molar-refractivity contribution in [2.24, 2.45) is 0 Å². The Labute approximate surface area is 138 Å². The zero-order valence-corrected chi connectivity index (χ0v) is 14.6. The number of thiophene rings is 1. The van der Waals surface area contributed by atoms with Crippen LogP contribution in [0, 0.1) is 0 Å². The van der Waals surface area contributed by atoms with Gasteiger partial charge in [-0.3, -0.25) is 10.1 Å². The molecule has 0 radical (unpaired) electrons. The summed E-state index contributed by atoms with van der Waals surface area (Å²) in [6, 6.07) is 2.37. The lowest BCUT2D eigenvalue weighted by molar-refractivity contribution is -0.137. The fraction of sp³-hybridized carbons (Fsp3) is 0.667. The lowest BCUT2D eigenvalue weighted by Crippen LogP contribution is -2.50. The van der Waals surface area contributed by atoms with Crippen LogP contribution >= 0.6 is 27.3 Å². The first-order valence-corrected chi connectivity index (χ1v) is 9.17. The molecule has 0 bridgehead atoms. The second-order valence-electron chi connectivity index (χ2n) is 5.70. The standard InChI is InChI=1S/C15H21BrN2O2S/c1-10(15(19)18-5-7-20-8-6-18)17-12-3-2-4-13-11(12)9-14(16)21-13/h9-10,12,17H,2-8H2,1H3. The molecular formula is C15H21BrN2O2S. The number of rotatable bonds is 3. The molecule has 1 N–H and O–H groups in total. The highest BCUT2D eigenvalue weighted by Gasteiger charge is 2.28. The van der Waals surface area contributed by atoms with Crippen LogP contribution in [0.5, 0.6) is 0 Å². The molecule has 1 fully saturated rings. The summed E-state index contributed by atoms with van der Waals surface area (Å²) in [5, 5.41) is 3.54. The van der Waals surface area contributed by atoms with Crippen molar-refractivity contribution in [3.63, 3.8) is 0 Å². The van der Waals surface area contributed by atoms with E-state index in [4.69, 9.17) is 4.74 Å². The van der Waals surface area contributed by atoms with Gasteiger partial charge in [0.05, 0.1) is 23.0 Å². The van der Waals surface area contributed by atoms with E-state index in [0.717, 1.165) is 12.8 Å². The summed E-state index contributed by atoms with van der Waals surface area (Å²) >= 11 is 5.40. The van der Waals surface area contributed by atoms with E-state index < -0.39 is 0 Å². The summed E-state index contributed by atoms with van der Waals surface area (Å²) in [6.07, 6.45) is 3.46. The van der Waals surface area contributed by atoms with Crippen LogP contribution in [0.1, 0.15) is 36.2 Å². The highest BCUT2D eigenvalue weighted by atomic mass is 79.9. The van der Waals surface area contributed by atoms with Gasteiger partial charge in [-0.1, -0.05) is 0 Å². The molecule has 4 nitrogen and oxygen atoms in total. The number of aryl methyl sites for hydroxylation is 1. The first-order chi connectivity index (χ1) is 10.1. The van der Waals surface area contributed by atoms with Gasteiger partial charge in [0.25, 0.3) is 0 Å². The van der Waals surface area contributed by atoms with Crippen molar-refractivity contribution >= 4 is 33.2 Å². The van der Waals surface area contributed by atoms with Gasteiger partial charge in [0.2, 0.25) is 5.91 Å². The minimum atomic E-state index is -0.141. The van der Waals surface area contributed by atoms with Gasteiger partial charge < -0.3 is 9.64 Å². The number of amides is 1. The van der Waals surface area contributed by atoms with E-state index in [0.29, 0.717) is 32.3 Å². The van der Waals surface area contributed by atoms with Crippen molar-refractivity contribution in [2.45, 2.75) is 38.3 Å². The molecule has 2 unspecified atom stereocenters. The number of ether oxygens (including phenoxy) is 1. The van der Waals surface area contributed by atoms with E-state index in [1.807, 2.05) is 23.2 Å². The predicted octanol–water partition coefficient (Wildman–Crippen LogP) is 2.72. The Balaban J connectivity index is 1.64. The van der Waals surface area contributed by atoms with Crippen LogP contribution in [0.2, 0.25) is 0 Å². The minimum absolute atomic E-state index is 0.141. The van der Waals surface area contributed by atoms with Crippen LogP contribution in [0.4, 0.5) is 0 Å². The van der Waals surface area contributed by atoms with Gasteiger partial charge in [0, 0.05) is 24.0 Å². The summed E-state index contributed by atoms with van der Waals surface area (Å²) in [5.41, 5.74) is 1.37. The molecule has 1 aliphatic carbocycles. The van der Waals surface area contributed by atoms with Crippen LogP contribution < -0.4 is 5.32 Å². The Morgan fingerprint density at radius 3 is 3.05 bits per heavy atom. The Hall–Kier alpha value is -0.430. The summed E-state index contributed by atoms with van der Waals surface area (Å²) in [6.45, 7) is 4.72. The Kier molecular flexibility index (Phi) is 4.99. The molecule has 116 valence electrons. The normalized spacial score (nSPS) is 23.7. The Morgan fingerprint density at radius 1 is 1.52 bits per heavy atom. The van der Waals surface area contributed by atoms with E-state index in [-0.39, 0.29) is 11.9 Å². The molecule has 0 aromatic carbocycles. The van der Waals surface area contributed by atoms with E-state index in [2.05, 4.69) is 27.3 Å². The highest BCUT2D eigenvalue weighted by molar-refractivity contribution is 9.11. The van der Waals surface area contributed by atoms with Crippen LogP contribution in [-0.4, -0.2) is 43.2 Å². The second-order valence-corrected chi connectivity index (χ2v) is 8.22. The molecule has 1 aromatic rings. The third-order valence-corrected chi connectivity index (χ3v) is 5.94. The second kappa shape index (κ2) is 6.77. The fourth-order valence-corrected chi connectivity index (χ4v) is 4.94. The number of nitrogens with one attached hydrogen (secondary N) is 1. The number of hydrogen-bond acceptors (Lipinski definition) is 4. The van der Waals surface area contributed by atoms with E-state index in [1.54, 1.807) is 0 Å². The van der Waals surface area contributed by atoms with Crippen LogP contribution in [0.15, 0.2) is 9.85 Å². The van der Waals surface area contributed by atoms with Crippen molar-refractivity contribution in [3.05, 3.63) is 20.3 Å². The first kappa shape index (κ1) is 15.5. The number of fused-ring (bicyclic) bond motifs is 1. The van der Waals surface area contributed by atoms with Gasteiger partial charge in [-0.15, -0.1) is 11.3 Å². The maximum Gasteiger partial charge on any atom is 0.239 e. The molecule has 0 saturated carbocycles. The number of carbonyl (C=O) groups excluding carboxylic acids is 1. The average molecular weight is 373 g/mol. The van der Waals surface area contributed by atoms with Crippen molar-refractivity contribution in [2.75, 3.05) is 26.3 Å². The summed E-state index contributed by atoms with van der Waals surface area (Å²) in [7, 11) is 0. The molecule has 21 heavy (non-hydrogen) atoms. The SMILES string of the molecule is CC(NC1CCCc2sc(Br)cc21)C(=O)N1CCOCC1. The van der Waals surface area contributed by atoms with E-state index >= 15 is 0 Å². The molecule has 1 amide bonds. The van der Waals surface area contributed by atoms with Gasteiger partial charge in [-0.05, 0) is 53.7 Å².